The molecule has 8 heteroatoms. The summed E-state index contributed by atoms with van der Waals surface area (Å²) in [5.74, 6) is -1.29. The average Bonchev–Trinajstić information content (AvgIpc) is 2.33. The van der Waals surface area contributed by atoms with Crippen LogP contribution in [0, 0.1) is 5.82 Å². The van der Waals surface area contributed by atoms with Crippen molar-refractivity contribution in [3.63, 3.8) is 0 Å². The first kappa shape index (κ1) is 16.2. The second kappa shape index (κ2) is 6.56. The molecule has 1 amide bonds. The summed E-state index contributed by atoms with van der Waals surface area (Å²) in [6.07, 6.45) is -4.48. The van der Waals surface area contributed by atoms with Gasteiger partial charge in [0.05, 0.1) is 0 Å². The van der Waals surface area contributed by atoms with Crippen LogP contribution < -0.4 is 15.8 Å². The van der Waals surface area contributed by atoms with Gasteiger partial charge in [0, 0.05) is 11.6 Å². The smallest absolute Gasteiger partial charge is 0.405 e. The summed E-state index contributed by atoms with van der Waals surface area (Å²) >= 11 is 0. The maximum absolute atomic E-state index is 13.0. The Bertz CT molecular complexity index is 475. The number of halogens is 4. The Morgan fingerprint density at radius 3 is 2.65 bits per heavy atom. The molecule has 0 radical (unpaired) electrons. The van der Waals surface area contributed by atoms with Crippen LogP contribution in [-0.2, 0) is 4.79 Å². The molecule has 0 aliphatic rings. The fraction of sp³-hybridized carbons (Fsp3) is 0.417. The third kappa shape index (κ3) is 5.43. The molecule has 112 valence electrons. The highest BCUT2D eigenvalue weighted by Gasteiger charge is 2.27. The summed E-state index contributed by atoms with van der Waals surface area (Å²) in [7, 11) is 0. The molecule has 0 aliphatic carbocycles. The van der Waals surface area contributed by atoms with Gasteiger partial charge in [-0.2, -0.15) is 13.2 Å². The molecule has 1 atom stereocenters. The van der Waals surface area contributed by atoms with Gasteiger partial charge in [0.25, 0.3) is 5.91 Å². The fourth-order valence-corrected chi connectivity index (χ4v) is 1.40. The number of benzene rings is 1. The Kier molecular flexibility index (Phi) is 5.32. The molecule has 4 nitrogen and oxygen atoms in total. The molecule has 0 aliphatic heterocycles. The van der Waals surface area contributed by atoms with Crippen molar-refractivity contribution in [3.05, 3.63) is 29.6 Å². The third-order valence-corrected chi connectivity index (χ3v) is 2.31. The highest BCUT2D eigenvalue weighted by Crippen LogP contribution is 2.24. The predicted octanol–water partition coefficient (Wildman–Crippen LogP) is 1.90. The van der Waals surface area contributed by atoms with Crippen LogP contribution in [0.2, 0.25) is 0 Å². The zero-order valence-electron chi connectivity index (χ0n) is 10.6. The molecule has 3 N–H and O–H groups in total. The Hall–Kier alpha value is -1.83. The Balaban J connectivity index is 2.59. The average molecular weight is 294 g/mol. The molecule has 0 bridgehead atoms. The van der Waals surface area contributed by atoms with Gasteiger partial charge >= 0.3 is 6.18 Å². The Morgan fingerprint density at radius 1 is 1.45 bits per heavy atom. The Morgan fingerprint density at radius 2 is 2.10 bits per heavy atom. The SMILES string of the molecule is C[C@H](N)c1cc(F)ccc1OCC(=O)NCC(F)(F)F. The summed E-state index contributed by atoms with van der Waals surface area (Å²) in [6.45, 7) is -0.453. The van der Waals surface area contributed by atoms with Gasteiger partial charge in [0.1, 0.15) is 18.1 Å². The molecule has 0 saturated carbocycles. The molecule has 20 heavy (non-hydrogen) atoms. The van der Waals surface area contributed by atoms with Crippen LogP contribution in [0.1, 0.15) is 18.5 Å². The molecule has 0 saturated heterocycles. The normalized spacial score (nSPS) is 12.9. The first-order valence-electron chi connectivity index (χ1n) is 5.70. The molecule has 0 aromatic heterocycles. The number of carbonyl (C=O) groups is 1. The number of nitrogens with two attached hydrogens (primary N) is 1. The van der Waals surface area contributed by atoms with Gasteiger partial charge < -0.3 is 15.8 Å². The van der Waals surface area contributed by atoms with Crippen LogP contribution in [-0.4, -0.2) is 25.2 Å². The van der Waals surface area contributed by atoms with Gasteiger partial charge in [0.15, 0.2) is 6.61 Å². The molecule has 0 spiro atoms. The zero-order valence-corrected chi connectivity index (χ0v) is 10.6. The van der Waals surface area contributed by atoms with E-state index in [-0.39, 0.29) is 5.75 Å². The monoisotopic (exact) mass is 294 g/mol. The molecule has 0 heterocycles. The van der Waals surface area contributed by atoms with Gasteiger partial charge in [-0.15, -0.1) is 0 Å². The lowest BCUT2D eigenvalue weighted by atomic mass is 10.1. The summed E-state index contributed by atoms with van der Waals surface area (Å²) in [6, 6.07) is 2.98. The zero-order chi connectivity index (χ0) is 15.3. The first-order chi connectivity index (χ1) is 9.19. The van der Waals surface area contributed by atoms with Crippen LogP contribution in [0.15, 0.2) is 18.2 Å². The van der Waals surface area contributed by atoms with Crippen LogP contribution in [0.3, 0.4) is 0 Å². The van der Waals surface area contributed by atoms with E-state index in [4.69, 9.17) is 10.5 Å². The second-order valence-electron chi connectivity index (χ2n) is 4.15. The minimum atomic E-state index is -4.48. The summed E-state index contributed by atoms with van der Waals surface area (Å²) in [5.41, 5.74) is 5.94. The summed E-state index contributed by atoms with van der Waals surface area (Å²) in [4.78, 5) is 11.2. The quantitative estimate of drug-likeness (QED) is 0.815. The van der Waals surface area contributed by atoms with Gasteiger partial charge in [0.2, 0.25) is 0 Å². The van der Waals surface area contributed by atoms with Gasteiger partial charge in [-0.25, -0.2) is 4.39 Å². The number of alkyl halides is 3. The van der Waals surface area contributed by atoms with Crippen LogP contribution in [0.5, 0.6) is 5.75 Å². The first-order valence-corrected chi connectivity index (χ1v) is 5.70. The van der Waals surface area contributed by atoms with Gasteiger partial charge in [-0.05, 0) is 25.1 Å². The van der Waals surface area contributed by atoms with E-state index in [0.717, 1.165) is 12.1 Å². The highest BCUT2D eigenvalue weighted by atomic mass is 19.4. The second-order valence-corrected chi connectivity index (χ2v) is 4.15. The molecule has 1 aromatic rings. The molecule has 0 fully saturated rings. The van der Waals surface area contributed by atoms with E-state index in [1.807, 2.05) is 0 Å². The van der Waals surface area contributed by atoms with E-state index in [0.29, 0.717) is 5.56 Å². The van der Waals surface area contributed by atoms with Crippen LogP contribution in [0.25, 0.3) is 0 Å². The summed E-state index contributed by atoms with van der Waals surface area (Å²) < 4.78 is 53.7. The minimum absolute atomic E-state index is 0.156. The third-order valence-electron chi connectivity index (χ3n) is 2.31. The molecule has 1 aromatic carbocycles. The fourth-order valence-electron chi connectivity index (χ4n) is 1.40. The van der Waals surface area contributed by atoms with Gasteiger partial charge in [-0.3, -0.25) is 4.79 Å². The predicted molar refractivity (Wildman–Crippen MR) is 63.6 cm³/mol. The topological polar surface area (TPSA) is 64.3 Å². The van der Waals surface area contributed by atoms with Crippen molar-refractivity contribution in [1.82, 2.24) is 5.32 Å². The number of rotatable bonds is 5. The number of carbonyl (C=O) groups excluding carboxylic acids is 1. The standard InChI is InChI=1S/C12H14F4N2O2/c1-7(17)9-4-8(13)2-3-10(9)20-5-11(19)18-6-12(14,15)16/h2-4,7H,5-6,17H2,1H3,(H,18,19)/t7-/m0/s1. The van der Waals surface area contributed by atoms with Crippen molar-refractivity contribution in [3.8, 4) is 5.75 Å². The van der Waals surface area contributed by atoms with Crippen molar-refractivity contribution >= 4 is 5.91 Å². The van der Waals surface area contributed by atoms with E-state index in [2.05, 4.69) is 0 Å². The molecular weight excluding hydrogens is 280 g/mol. The van der Waals surface area contributed by atoms with E-state index < -0.39 is 37.1 Å². The number of hydrogen-bond donors (Lipinski definition) is 2. The van der Waals surface area contributed by atoms with Crippen LogP contribution in [0.4, 0.5) is 17.6 Å². The number of amides is 1. The largest absolute Gasteiger partial charge is 0.483 e. The molecular formula is C12H14F4N2O2. The van der Waals surface area contributed by atoms with E-state index >= 15 is 0 Å². The Labute approximate surface area is 112 Å². The lowest BCUT2D eigenvalue weighted by Gasteiger charge is -2.14. The van der Waals surface area contributed by atoms with Crippen LogP contribution >= 0.6 is 0 Å². The van der Waals surface area contributed by atoms with Gasteiger partial charge in [-0.1, -0.05) is 0 Å². The van der Waals surface area contributed by atoms with Crippen molar-refractivity contribution in [2.45, 2.75) is 19.1 Å². The maximum atomic E-state index is 13.0. The van der Waals surface area contributed by atoms with Crippen molar-refractivity contribution < 1.29 is 27.1 Å². The van der Waals surface area contributed by atoms with Crippen molar-refractivity contribution in [1.29, 1.82) is 0 Å². The highest BCUT2D eigenvalue weighted by molar-refractivity contribution is 5.77. The maximum Gasteiger partial charge on any atom is 0.405 e. The van der Waals surface area contributed by atoms with E-state index in [9.17, 15) is 22.4 Å². The summed E-state index contributed by atoms with van der Waals surface area (Å²) in [5, 5.41) is 1.66. The van der Waals surface area contributed by atoms with E-state index in [1.54, 1.807) is 12.2 Å². The number of nitrogens with one attached hydrogen (secondary N) is 1. The lowest BCUT2D eigenvalue weighted by Crippen LogP contribution is -2.36. The molecule has 0 unspecified atom stereocenters. The number of hydrogen-bond acceptors (Lipinski definition) is 3. The van der Waals surface area contributed by atoms with E-state index in [1.165, 1.54) is 6.07 Å². The molecule has 1 rings (SSSR count). The lowest BCUT2D eigenvalue weighted by molar-refractivity contribution is -0.139. The minimum Gasteiger partial charge on any atom is -0.483 e. The van der Waals surface area contributed by atoms with Crippen molar-refractivity contribution in [2.24, 2.45) is 5.73 Å². The number of ether oxygens (including phenoxy) is 1. The van der Waals surface area contributed by atoms with Crippen molar-refractivity contribution in [2.75, 3.05) is 13.2 Å².